The SMILES string of the molecule is CC1(C)CCCC(N)(c2ccc3cccnc3c2)CC1. The van der Waals surface area contributed by atoms with Gasteiger partial charge in [0.25, 0.3) is 0 Å². The van der Waals surface area contributed by atoms with Crippen molar-refractivity contribution in [3.05, 3.63) is 42.1 Å². The lowest BCUT2D eigenvalue weighted by Crippen LogP contribution is -2.36. The van der Waals surface area contributed by atoms with E-state index in [-0.39, 0.29) is 5.54 Å². The van der Waals surface area contributed by atoms with Gasteiger partial charge in [-0.25, -0.2) is 0 Å². The lowest BCUT2D eigenvalue weighted by atomic mass is 9.81. The van der Waals surface area contributed by atoms with Gasteiger partial charge >= 0.3 is 0 Å². The summed E-state index contributed by atoms with van der Waals surface area (Å²) in [6, 6.07) is 10.6. The lowest BCUT2D eigenvalue weighted by molar-refractivity contribution is 0.299. The highest BCUT2D eigenvalue weighted by molar-refractivity contribution is 5.79. The van der Waals surface area contributed by atoms with Crippen molar-refractivity contribution in [3.8, 4) is 0 Å². The number of fused-ring (bicyclic) bond motifs is 1. The van der Waals surface area contributed by atoms with Crippen LogP contribution in [0, 0.1) is 5.41 Å². The van der Waals surface area contributed by atoms with Crippen molar-refractivity contribution < 1.29 is 0 Å². The summed E-state index contributed by atoms with van der Waals surface area (Å²) in [6.07, 6.45) is 7.68. The predicted molar refractivity (Wildman–Crippen MR) is 84.5 cm³/mol. The molecule has 1 saturated carbocycles. The van der Waals surface area contributed by atoms with Crippen molar-refractivity contribution in [1.82, 2.24) is 4.98 Å². The van der Waals surface area contributed by atoms with Crippen molar-refractivity contribution in [3.63, 3.8) is 0 Å². The summed E-state index contributed by atoms with van der Waals surface area (Å²) < 4.78 is 0. The molecule has 2 nitrogen and oxygen atoms in total. The number of pyridine rings is 1. The van der Waals surface area contributed by atoms with Crippen LogP contribution in [0.1, 0.15) is 51.5 Å². The molecule has 1 aromatic carbocycles. The van der Waals surface area contributed by atoms with E-state index >= 15 is 0 Å². The van der Waals surface area contributed by atoms with Crippen molar-refractivity contribution in [2.45, 2.75) is 51.5 Å². The van der Waals surface area contributed by atoms with Crippen LogP contribution >= 0.6 is 0 Å². The van der Waals surface area contributed by atoms with Crippen molar-refractivity contribution in [2.24, 2.45) is 11.1 Å². The van der Waals surface area contributed by atoms with E-state index in [0.717, 1.165) is 18.4 Å². The fourth-order valence-electron chi connectivity index (χ4n) is 3.36. The maximum absolute atomic E-state index is 6.76. The number of benzene rings is 1. The van der Waals surface area contributed by atoms with Gasteiger partial charge in [-0.05, 0) is 48.8 Å². The van der Waals surface area contributed by atoms with Crippen LogP contribution in [-0.2, 0) is 5.54 Å². The molecule has 0 radical (unpaired) electrons. The van der Waals surface area contributed by atoms with Gasteiger partial charge in [0.1, 0.15) is 0 Å². The van der Waals surface area contributed by atoms with Crippen LogP contribution in [0.25, 0.3) is 10.9 Å². The normalized spacial score (nSPS) is 26.4. The largest absolute Gasteiger partial charge is 0.321 e. The Balaban J connectivity index is 1.96. The number of hydrogen-bond acceptors (Lipinski definition) is 2. The molecule has 2 heteroatoms. The average Bonchev–Trinajstić information content (AvgIpc) is 2.58. The summed E-state index contributed by atoms with van der Waals surface area (Å²) in [5, 5.41) is 1.19. The molecule has 0 aliphatic heterocycles. The van der Waals surface area contributed by atoms with Crippen LogP contribution < -0.4 is 5.73 Å². The summed E-state index contributed by atoms with van der Waals surface area (Å²) in [5.41, 5.74) is 9.32. The molecule has 0 bridgehead atoms. The third-order valence-electron chi connectivity index (χ3n) is 4.91. The predicted octanol–water partition coefficient (Wildman–Crippen LogP) is 4.38. The minimum Gasteiger partial charge on any atom is -0.321 e. The Hall–Kier alpha value is -1.41. The minimum atomic E-state index is -0.181. The fourth-order valence-corrected chi connectivity index (χ4v) is 3.36. The van der Waals surface area contributed by atoms with Gasteiger partial charge in [-0.2, -0.15) is 0 Å². The molecule has 2 N–H and O–H groups in total. The Kier molecular flexibility index (Phi) is 3.29. The summed E-state index contributed by atoms with van der Waals surface area (Å²) >= 11 is 0. The van der Waals surface area contributed by atoms with E-state index in [0.29, 0.717) is 5.41 Å². The van der Waals surface area contributed by atoms with Crippen LogP contribution in [0.3, 0.4) is 0 Å². The molecule has 20 heavy (non-hydrogen) atoms. The Bertz CT molecular complexity index is 618. The molecule has 106 valence electrons. The third-order valence-corrected chi connectivity index (χ3v) is 4.91. The molecule has 2 aromatic rings. The Labute approximate surface area is 121 Å². The zero-order valence-electron chi connectivity index (χ0n) is 12.5. The molecule has 0 spiro atoms. The second-order valence-corrected chi connectivity index (χ2v) is 7.08. The second-order valence-electron chi connectivity index (χ2n) is 7.08. The third kappa shape index (κ3) is 2.57. The van der Waals surface area contributed by atoms with Crippen LogP contribution in [0.5, 0.6) is 0 Å². The van der Waals surface area contributed by atoms with Gasteiger partial charge in [-0.1, -0.05) is 38.5 Å². The molecule has 1 heterocycles. The van der Waals surface area contributed by atoms with Crippen molar-refractivity contribution >= 4 is 10.9 Å². The van der Waals surface area contributed by atoms with Gasteiger partial charge < -0.3 is 5.73 Å². The molecule has 1 fully saturated rings. The summed E-state index contributed by atoms with van der Waals surface area (Å²) in [4.78, 5) is 4.46. The van der Waals surface area contributed by atoms with Crippen LogP contribution in [0.15, 0.2) is 36.5 Å². The highest BCUT2D eigenvalue weighted by Gasteiger charge is 2.33. The summed E-state index contributed by atoms with van der Waals surface area (Å²) in [5.74, 6) is 0. The first-order valence-corrected chi connectivity index (χ1v) is 7.63. The van der Waals surface area contributed by atoms with Gasteiger partial charge in [0, 0.05) is 17.1 Å². The highest BCUT2D eigenvalue weighted by atomic mass is 14.7. The van der Waals surface area contributed by atoms with Crippen LogP contribution in [0.4, 0.5) is 0 Å². The van der Waals surface area contributed by atoms with E-state index in [9.17, 15) is 0 Å². The van der Waals surface area contributed by atoms with Gasteiger partial charge in [0.2, 0.25) is 0 Å². The maximum atomic E-state index is 6.76. The summed E-state index contributed by atoms with van der Waals surface area (Å²) in [6.45, 7) is 4.72. The smallest absolute Gasteiger partial charge is 0.0705 e. The number of nitrogens with two attached hydrogens (primary N) is 1. The molecule has 3 rings (SSSR count). The van der Waals surface area contributed by atoms with Crippen LogP contribution in [-0.4, -0.2) is 4.98 Å². The molecular weight excluding hydrogens is 244 g/mol. The number of hydrogen-bond donors (Lipinski definition) is 1. The average molecular weight is 268 g/mol. The zero-order chi connectivity index (χ0) is 14.2. The number of aromatic nitrogens is 1. The topological polar surface area (TPSA) is 38.9 Å². The van der Waals surface area contributed by atoms with Gasteiger partial charge in [0.15, 0.2) is 0 Å². The molecule has 1 aliphatic carbocycles. The van der Waals surface area contributed by atoms with E-state index in [2.05, 4.69) is 43.1 Å². The number of rotatable bonds is 1. The molecule has 1 aliphatic rings. The minimum absolute atomic E-state index is 0.181. The molecule has 1 aromatic heterocycles. The second kappa shape index (κ2) is 4.85. The Morgan fingerprint density at radius 3 is 2.75 bits per heavy atom. The van der Waals surface area contributed by atoms with E-state index in [1.807, 2.05) is 12.3 Å². The van der Waals surface area contributed by atoms with E-state index in [1.54, 1.807) is 0 Å². The first-order valence-electron chi connectivity index (χ1n) is 7.63. The lowest BCUT2D eigenvalue weighted by Gasteiger charge is -2.30. The van der Waals surface area contributed by atoms with Crippen LogP contribution in [0.2, 0.25) is 0 Å². The molecule has 1 atom stereocenters. The maximum Gasteiger partial charge on any atom is 0.0705 e. The van der Waals surface area contributed by atoms with Crippen molar-refractivity contribution in [2.75, 3.05) is 0 Å². The molecule has 1 unspecified atom stereocenters. The first kappa shape index (κ1) is 13.6. The molecule has 0 amide bonds. The van der Waals surface area contributed by atoms with E-state index < -0.39 is 0 Å². The first-order chi connectivity index (χ1) is 9.49. The zero-order valence-corrected chi connectivity index (χ0v) is 12.5. The van der Waals surface area contributed by atoms with Gasteiger partial charge in [-0.3, -0.25) is 4.98 Å². The monoisotopic (exact) mass is 268 g/mol. The molecular formula is C18H24N2. The highest BCUT2D eigenvalue weighted by Crippen LogP contribution is 2.41. The molecule has 0 saturated heterocycles. The Morgan fingerprint density at radius 1 is 1.05 bits per heavy atom. The fraction of sp³-hybridized carbons (Fsp3) is 0.500. The van der Waals surface area contributed by atoms with Crippen molar-refractivity contribution in [1.29, 1.82) is 0 Å². The Morgan fingerprint density at radius 2 is 1.90 bits per heavy atom. The van der Waals surface area contributed by atoms with E-state index in [4.69, 9.17) is 5.73 Å². The number of nitrogens with zero attached hydrogens (tertiary/aromatic N) is 1. The quantitative estimate of drug-likeness (QED) is 0.780. The van der Waals surface area contributed by atoms with E-state index in [1.165, 1.54) is 30.2 Å². The summed E-state index contributed by atoms with van der Waals surface area (Å²) in [7, 11) is 0. The van der Waals surface area contributed by atoms with Gasteiger partial charge in [-0.15, -0.1) is 0 Å². The standard InChI is InChI=1S/C18H24N2/c1-17(2)8-4-9-18(19,11-10-17)15-7-6-14-5-3-12-20-16(14)13-15/h3,5-7,12-13H,4,8-11,19H2,1-2H3. The van der Waals surface area contributed by atoms with Gasteiger partial charge in [0.05, 0.1) is 5.52 Å².